The lowest BCUT2D eigenvalue weighted by molar-refractivity contribution is 0.460. The van der Waals surface area contributed by atoms with Gasteiger partial charge in [-0.25, -0.2) is 0 Å². The van der Waals surface area contributed by atoms with Crippen LogP contribution in [-0.4, -0.2) is 11.0 Å². The van der Waals surface area contributed by atoms with Gasteiger partial charge in [-0.1, -0.05) is 0 Å². The topological polar surface area (TPSA) is 15.3 Å². The maximum absolute atomic E-state index is 3.71. The van der Waals surface area contributed by atoms with E-state index in [0.717, 1.165) is 6.54 Å². The standard InChI is InChI=1S/C5H9N2S/c1-3-7-6-4-5(2)8-7/h4,6H,1,3H2,2H3. The molecule has 0 saturated heterocycles. The van der Waals surface area contributed by atoms with E-state index >= 15 is 0 Å². The van der Waals surface area contributed by atoms with Crippen LogP contribution in [-0.2, 0) is 0 Å². The second-order valence-corrected chi connectivity index (χ2v) is 2.84. The molecule has 1 heterocycles. The molecule has 1 N–H and O–H groups in total. The van der Waals surface area contributed by atoms with Crippen molar-refractivity contribution in [3.63, 3.8) is 0 Å². The van der Waals surface area contributed by atoms with Crippen LogP contribution in [0.5, 0.6) is 0 Å². The van der Waals surface area contributed by atoms with Crippen LogP contribution in [0, 0.1) is 6.92 Å². The summed E-state index contributed by atoms with van der Waals surface area (Å²) in [5.41, 5.74) is 3.03. The maximum Gasteiger partial charge on any atom is 0.0298 e. The molecule has 1 aliphatic rings. The molecule has 0 fully saturated rings. The Bertz CT molecular complexity index is 111. The highest BCUT2D eigenvalue weighted by atomic mass is 32.2. The fraction of sp³-hybridized carbons (Fsp3) is 0.400. The first-order valence-corrected chi connectivity index (χ1v) is 3.28. The van der Waals surface area contributed by atoms with E-state index < -0.39 is 0 Å². The molecule has 0 saturated carbocycles. The van der Waals surface area contributed by atoms with Crippen LogP contribution < -0.4 is 5.43 Å². The number of allylic oxidation sites excluding steroid dienone is 1. The van der Waals surface area contributed by atoms with Crippen molar-refractivity contribution in [3.8, 4) is 0 Å². The van der Waals surface area contributed by atoms with Crippen molar-refractivity contribution >= 4 is 11.9 Å². The molecule has 45 valence electrons. The van der Waals surface area contributed by atoms with E-state index in [1.54, 1.807) is 11.9 Å². The van der Waals surface area contributed by atoms with Gasteiger partial charge in [-0.3, -0.25) is 0 Å². The Morgan fingerprint density at radius 3 is 3.00 bits per heavy atom. The fourth-order valence-electron chi connectivity index (χ4n) is 0.500. The summed E-state index contributed by atoms with van der Waals surface area (Å²) in [5.74, 6) is 0. The normalized spacial score (nSPS) is 20.5. The lowest BCUT2D eigenvalue weighted by Crippen LogP contribution is -2.22. The molecule has 0 bridgehead atoms. The summed E-state index contributed by atoms with van der Waals surface area (Å²) >= 11 is 1.69. The zero-order chi connectivity index (χ0) is 5.98. The average Bonchev–Trinajstić information content (AvgIpc) is 2.14. The van der Waals surface area contributed by atoms with Gasteiger partial charge in [0, 0.05) is 17.6 Å². The van der Waals surface area contributed by atoms with E-state index in [1.807, 2.05) is 10.6 Å². The Balaban J connectivity index is 2.32. The molecule has 1 rings (SSSR count). The van der Waals surface area contributed by atoms with Crippen LogP contribution in [0.3, 0.4) is 0 Å². The molecule has 0 spiro atoms. The number of nitrogens with one attached hydrogen (secondary N) is 1. The van der Waals surface area contributed by atoms with Gasteiger partial charge in [0.2, 0.25) is 0 Å². The minimum atomic E-state index is 0.790. The Morgan fingerprint density at radius 1 is 2.00 bits per heavy atom. The van der Waals surface area contributed by atoms with Crippen molar-refractivity contribution in [2.75, 3.05) is 6.54 Å². The van der Waals surface area contributed by atoms with E-state index in [4.69, 9.17) is 0 Å². The molecule has 0 amide bonds. The molecule has 3 heteroatoms. The summed E-state index contributed by atoms with van der Waals surface area (Å²) in [7, 11) is 0. The van der Waals surface area contributed by atoms with Gasteiger partial charge < -0.3 is 5.43 Å². The smallest absolute Gasteiger partial charge is 0.0298 e. The van der Waals surface area contributed by atoms with Crippen LogP contribution in [0.4, 0.5) is 0 Å². The Hall–Kier alpha value is -0.150. The van der Waals surface area contributed by atoms with Gasteiger partial charge in [0.1, 0.15) is 0 Å². The van der Waals surface area contributed by atoms with Crippen LogP contribution in [0.25, 0.3) is 0 Å². The third-order valence-corrected chi connectivity index (χ3v) is 1.78. The molecule has 8 heavy (non-hydrogen) atoms. The minimum absolute atomic E-state index is 0.790. The highest BCUT2D eigenvalue weighted by Crippen LogP contribution is 2.21. The van der Waals surface area contributed by atoms with Crippen molar-refractivity contribution in [3.05, 3.63) is 18.0 Å². The molecule has 1 radical (unpaired) electrons. The molecule has 0 aromatic rings. The van der Waals surface area contributed by atoms with E-state index in [9.17, 15) is 0 Å². The summed E-state index contributed by atoms with van der Waals surface area (Å²) in [4.78, 5) is 1.29. The molecule has 0 aliphatic carbocycles. The van der Waals surface area contributed by atoms with Crippen LogP contribution in [0.1, 0.15) is 6.92 Å². The van der Waals surface area contributed by atoms with E-state index in [2.05, 4.69) is 19.3 Å². The molecule has 0 aromatic carbocycles. The largest absolute Gasteiger partial charge is 0.316 e. The Labute approximate surface area is 54.0 Å². The lowest BCUT2D eigenvalue weighted by Gasteiger charge is -2.09. The highest BCUT2D eigenvalue weighted by Gasteiger charge is 2.06. The van der Waals surface area contributed by atoms with Gasteiger partial charge >= 0.3 is 0 Å². The number of rotatable bonds is 1. The molecule has 2 nitrogen and oxygen atoms in total. The lowest BCUT2D eigenvalue weighted by atomic mass is 10.7. The number of hydrazine groups is 1. The number of hydrogen-bond donors (Lipinski definition) is 1. The predicted molar refractivity (Wildman–Crippen MR) is 36.5 cm³/mol. The maximum atomic E-state index is 3.71. The minimum Gasteiger partial charge on any atom is -0.316 e. The SMILES string of the molecule is [CH2]CN1NC=C(C)S1. The average molecular weight is 129 g/mol. The van der Waals surface area contributed by atoms with Gasteiger partial charge in [-0.05, 0) is 25.8 Å². The zero-order valence-corrected chi connectivity index (χ0v) is 5.66. The monoisotopic (exact) mass is 129 g/mol. The Kier molecular flexibility index (Phi) is 1.81. The van der Waals surface area contributed by atoms with Crippen molar-refractivity contribution < 1.29 is 0 Å². The first-order valence-electron chi connectivity index (χ1n) is 2.50. The molecule has 0 unspecified atom stereocenters. The van der Waals surface area contributed by atoms with Crippen molar-refractivity contribution in [1.29, 1.82) is 0 Å². The molecule has 1 aliphatic heterocycles. The van der Waals surface area contributed by atoms with Gasteiger partial charge in [-0.15, -0.1) is 0 Å². The van der Waals surface area contributed by atoms with E-state index in [1.165, 1.54) is 4.91 Å². The van der Waals surface area contributed by atoms with Gasteiger partial charge in [0.05, 0.1) is 0 Å². The van der Waals surface area contributed by atoms with E-state index in [-0.39, 0.29) is 0 Å². The highest BCUT2D eigenvalue weighted by molar-refractivity contribution is 8.00. The van der Waals surface area contributed by atoms with Gasteiger partial charge in [0.25, 0.3) is 0 Å². The van der Waals surface area contributed by atoms with Crippen LogP contribution in [0.2, 0.25) is 0 Å². The molecular formula is C5H9N2S. The van der Waals surface area contributed by atoms with Gasteiger partial charge in [-0.2, -0.15) is 4.41 Å². The summed E-state index contributed by atoms with van der Waals surface area (Å²) in [5, 5.41) is 0. The van der Waals surface area contributed by atoms with Gasteiger partial charge in [0.15, 0.2) is 0 Å². The van der Waals surface area contributed by atoms with Crippen LogP contribution >= 0.6 is 11.9 Å². The summed E-state index contributed by atoms with van der Waals surface area (Å²) < 4.78 is 1.97. The second kappa shape index (κ2) is 2.42. The number of nitrogens with zero attached hydrogens (tertiary/aromatic N) is 1. The third-order valence-electron chi connectivity index (χ3n) is 0.869. The zero-order valence-electron chi connectivity index (χ0n) is 4.85. The van der Waals surface area contributed by atoms with E-state index in [0.29, 0.717) is 0 Å². The van der Waals surface area contributed by atoms with Crippen molar-refractivity contribution in [2.45, 2.75) is 6.92 Å². The van der Waals surface area contributed by atoms with Crippen LogP contribution in [0.15, 0.2) is 11.1 Å². The Morgan fingerprint density at radius 2 is 2.75 bits per heavy atom. The summed E-state index contributed by atoms with van der Waals surface area (Å²) in [6, 6.07) is 0. The quantitative estimate of drug-likeness (QED) is 0.535. The molecule has 0 aromatic heterocycles. The fourth-order valence-corrected chi connectivity index (χ4v) is 1.15. The summed E-state index contributed by atoms with van der Waals surface area (Å²) in [6.45, 7) is 6.56. The summed E-state index contributed by atoms with van der Waals surface area (Å²) in [6.07, 6.45) is 1.97. The first kappa shape index (κ1) is 5.98. The molecular weight excluding hydrogens is 120 g/mol. The first-order chi connectivity index (χ1) is 3.83. The van der Waals surface area contributed by atoms with Crippen molar-refractivity contribution in [1.82, 2.24) is 9.84 Å². The predicted octanol–water partition coefficient (Wildman–Crippen LogP) is 1.15. The van der Waals surface area contributed by atoms with Crippen molar-refractivity contribution in [2.24, 2.45) is 0 Å². The second-order valence-electron chi connectivity index (χ2n) is 1.58. The number of hydrogen-bond acceptors (Lipinski definition) is 3. The third kappa shape index (κ3) is 1.17. The molecule has 0 atom stereocenters.